The van der Waals surface area contributed by atoms with Crippen LogP contribution < -0.4 is 20.1 Å². The van der Waals surface area contributed by atoms with E-state index >= 15 is 0 Å². The Hall–Kier alpha value is -3.58. The number of anilines is 1. The predicted molar refractivity (Wildman–Crippen MR) is 110 cm³/mol. The molecule has 2 aromatic carbocycles. The number of carbonyl (C=O) groups is 1. The van der Waals surface area contributed by atoms with Crippen LogP contribution in [0.25, 0.3) is 0 Å². The van der Waals surface area contributed by atoms with Crippen LogP contribution in [0.1, 0.15) is 15.9 Å². The van der Waals surface area contributed by atoms with Gasteiger partial charge in [0.05, 0.1) is 6.54 Å². The van der Waals surface area contributed by atoms with Crippen LogP contribution in [0.3, 0.4) is 0 Å². The van der Waals surface area contributed by atoms with E-state index < -0.39 is 0 Å². The molecule has 0 radical (unpaired) electrons. The number of amides is 1. The number of nitrogens with zero attached hydrogens (tertiary/aromatic N) is 2. The molecule has 0 aliphatic carbocycles. The van der Waals surface area contributed by atoms with E-state index in [-0.39, 0.29) is 12.7 Å². The second-order valence-electron chi connectivity index (χ2n) is 6.18. The van der Waals surface area contributed by atoms with Crippen molar-refractivity contribution in [3.63, 3.8) is 0 Å². The Morgan fingerprint density at radius 1 is 1.10 bits per heavy atom. The summed E-state index contributed by atoms with van der Waals surface area (Å²) in [5.41, 5.74) is 2.04. The van der Waals surface area contributed by atoms with Gasteiger partial charge in [-0.05, 0) is 48.0 Å². The van der Waals surface area contributed by atoms with Crippen molar-refractivity contribution >= 4 is 29.2 Å². The van der Waals surface area contributed by atoms with Gasteiger partial charge in [0.15, 0.2) is 11.5 Å². The number of fused-ring (bicyclic) bond motifs is 1. The Morgan fingerprint density at radius 2 is 2.00 bits per heavy atom. The van der Waals surface area contributed by atoms with Crippen LogP contribution in [0.2, 0.25) is 5.02 Å². The smallest absolute Gasteiger partial charge is 0.258 e. The Morgan fingerprint density at radius 3 is 2.83 bits per heavy atom. The van der Waals surface area contributed by atoms with Crippen molar-refractivity contribution in [1.82, 2.24) is 10.3 Å². The Balaban J connectivity index is 1.54. The third-order valence-corrected chi connectivity index (χ3v) is 4.33. The van der Waals surface area contributed by atoms with E-state index in [4.69, 9.17) is 21.1 Å². The molecule has 8 heteroatoms. The van der Waals surface area contributed by atoms with Gasteiger partial charge in [-0.2, -0.15) is 0 Å². The fourth-order valence-corrected chi connectivity index (χ4v) is 2.88. The zero-order chi connectivity index (χ0) is 20.1. The molecular weight excluding hydrogens is 392 g/mol. The fraction of sp³-hybridized carbons (Fsp3) is 0.0952. The zero-order valence-electron chi connectivity index (χ0n) is 15.3. The summed E-state index contributed by atoms with van der Waals surface area (Å²) in [6.07, 6.45) is 3.42. The quantitative estimate of drug-likeness (QED) is 0.505. The Bertz CT molecular complexity index is 1060. The highest BCUT2D eigenvalue weighted by Gasteiger charge is 2.17. The number of aromatic nitrogens is 1. The summed E-state index contributed by atoms with van der Waals surface area (Å²) >= 11 is 6.06. The topological polar surface area (TPSA) is 84.8 Å². The molecule has 1 aliphatic heterocycles. The summed E-state index contributed by atoms with van der Waals surface area (Å²) in [6.45, 7) is 0.493. The molecule has 146 valence electrons. The number of aliphatic imine (C=N–C) groups is 1. The second-order valence-corrected chi connectivity index (χ2v) is 6.62. The predicted octanol–water partition coefficient (Wildman–Crippen LogP) is 3.86. The third-order valence-electron chi connectivity index (χ3n) is 4.10. The first kappa shape index (κ1) is 18.8. The molecule has 0 atom stereocenters. The molecule has 0 bridgehead atoms. The summed E-state index contributed by atoms with van der Waals surface area (Å²) < 4.78 is 10.6. The number of pyridine rings is 1. The van der Waals surface area contributed by atoms with Crippen LogP contribution in [0, 0.1) is 0 Å². The molecule has 1 aromatic heterocycles. The molecule has 0 fully saturated rings. The van der Waals surface area contributed by atoms with E-state index in [0.29, 0.717) is 40.3 Å². The third kappa shape index (κ3) is 4.83. The highest BCUT2D eigenvalue weighted by molar-refractivity contribution is 6.31. The minimum absolute atomic E-state index is 0.147. The number of hydrogen-bond donors (Lipinski definition) is 2. The Kier molecular flexibility index (Phi) is 5.58. The normalized spacial score (nSPS) is 12.5. The van der Waals surface area contributed by atoms with Crippen LogP contribution in [-0.4, -0.2) is 23.6 Å². The van der Waals surface area contributed by atoms with Crippen LogP contribution in [0.4, 0.5) is 5.69 Å². The molecule has 0 spiro atoms. The van der Waals surface area contributed by atoms with Gasteiger partial charge in [0.25, 0.3) is 5.91 Å². The van der Waals surface area contributed by atoms with Gasteiger partial charge in [0.1, 0.15) is 0 Å². The maximum absolute atomic E-state index is 12.8. The molecule has 3 aromatic rings. The van der Waals surface area contributed by atoms with Gasteiger partial charge < -0.3 is 14.8 Å². The van der Waals surface area contributed by atoms with Crippen molar-refractivity contribution in [3.05, 3.63) is 83.1 Å². The monoisotopic (exact) mass is 408 g/mol. The SMILES string of the molecule is O=C(NC(=NCc1cccnc1)Nc1cccc(Cl)c1)c1ccc2c(c1)OCO2. The van der Waals surface area contributed by atoms with Gasteiger partial charge >= 0.3 is 0 Å². The lowest BCUT2D eigenvalue weighted by molar-refractivity contribution is 0.0976. The largest absolute Gasteiger partial charge is 0.454 e. The van der Waals surface area contributed by atoms with Crippen molar-refractivity contribution in [2.45, 2.75) is 6.54 Å². The summed E-state index contributed by atoms with van der Waals surface area (Å²) in [7, 11) is 0. The summed E-state index contributed by atoms with van der Waals surface area (Å²) in [5.74, 6) is 1.11. The maximum atomic E-state index is 12.8. The highest BCUT2D eigenvalue weighted by atomic mass is 35.5. The number of benzene rings is 2. The first-order chi connectivity index (χ1) is 14.2. The van der Waals surface area contributed by atoms with Gasteiger partial charge in [0.2, 0.25) is 12.8 Å². The number of nitrogens with one attached hydrogen (secondary N) is 2. The number of rotatable bonds is 4. The van der Waals surface area contributed by atoms with Crippen LogP contribution in [0.5, 0.6) is 11.5 Å². The average Bonchev–Trinajstić information content (AvgIpc) is 3.20. The van der Waals surface area contributed by atoms with Crippen LogP contribution in [-0.2, 0) is 6.54 Å². The Labute approximate surface area is 172 Å². The number of ether oxygens (including phenoxy) is 2. The van der Waals surface area contributed by atoms with Crippen molar-refractivity contribution in [2.24, 2.45) is 4.99 Å². The lowest BCUT2D eigenvalue weighted by atomic mass is 10.2. The van der Waals surface area contributed by atoms with E-state index in [1.165, 1.54) is 0 Å². The number of halogens is 1. The first-order valence-electron chi connectivity index (χ1n) is 8.84. The minimum Gasteiger partial charge on any atom is -0.454 e. The van der Waals surface area contributed by atoms with Gasteiger partial charge in [-0.1, -0.05) is 23.7 Å². The maximum Gasteiger partial charge on any atom is 0.258 e. The van der Waals surface area contributed by atoms with E-state index in [0.717, 1.165) is 5.56 Å². The summed E-state index contributed by atoms with van der Waals surface area (Å²) in [4.78, 5) is 21.3. The van der Waals surface area contributed by atoms with E-state index in [1.54, 1.807) is 42.7 Å². The molecule has 4 rings (SSSR count). The summed E-state index contributed by atoms with van der Waals surface area (Å²) in [5, 5.41) is 6.48. The molecule has 7 nitrogen and oxygen atoms in total. The van der Waals surface area contributed by atoms with Crippen molar-refractivity contribution in [3.8, 4) is 11.5 Å². The zero-order valence-corrected chi connectivity index (χ0v) is 16.0. The highest BCUT2D eigenvalue weighted by Crippen LogP contribution is 2.32. The average molecular weight is 409 g/mol. The van der Waals surface area contributed by atoms with Gasteiger partial charge in [-0.25, -0.2) is 4.99 Å². The second kappa shape index (κ2) is 8.62. The molecule has 1 aliphatic rings. The number of carbonyl (C=O) groups excluding carboxylic acids is 1. The molecule has 0 unspecified atom stereocenters. The van der Waals surface area contributed by atoms with Crippen LogP contribution >= 0.6 is 11.6 Å². The van der Waals surface area contributed by atoms with Gasteiger partial charge in [0, 0.05) is 28.7 Å². The molecule has 2 heterocycles. The molecule has 29 heavy (non-hydrogen) atoms. The number of guanidine groups is 1. The van der Waals surface area contributed by atoms with Gasteiger partial charge in [-0.15, -0.1) is 0 Å². The molecule has 0 saturated heterocycles. The van der Waals surface area contributed by atoms with Crippen molar-refractivity contribution < 1.29 is 14.3 Å². The first-order valence-corrected chi connectivity index (χ1v) is 9.22. The lowest BCUT2D eigenvalue weighted by Crippen LogP contribution is -2.36. The van der Waals surface area contributed by atoms with Crippen LogP contribution in [0.15, 0.2) is 72.0 Å². The lowest BCUT2D eigenvalue weighted by Gasteiger charge is -2.12. The number of hydrogen-bond acceptors (Lipinski definition) is 5. The molecule has 0 saturated carbocycles. The van der Waals surface area contributed by atoms with E-state index in [9.17, 15) is 4.79 Å². The molecule has 1 amide bonds. The fourth-order valence-electron chi connectivity index (χ4n) is 2.69. The van der Waals surface area contributed by atoms with Crippen molar-refractivity contribution in [1.29, 1.82) is 0 Å². The molecule has 2 N–H and O–H groups in total. The molecular formula is C21H17ClN4O3. The van der Waals surface area contributed by atoms with Gasteiger partial charge in [-0.3, -0.25) is 15.1 Å². The minimum atomic E-state index is -0.331. The summed E-state index contributed by atoms with van der Waals surface area (Å²) in [6, 6.07) is 15.9. The van der Waals surface area contributed by atoms with E-state index in [2.05, 4.69) is 20.6 Å². The standard InChI is InChI=1S/C21H17ClN4O3/c22-16-4-1-5-17(10-16)25-21(24-12-14-3-2-8-23-11-14)26-20(27)15-6-7-18-19(9-15)29-13-28-18/h1-11H,12-13H2,(H2,24,25,26,27). The van der Waals surface area contributed by atoms with E-state index in [1.807, 2.05) is 24.3 Å². The van der Waals surface area contributed by atoms with Crippen molar-refractivity contribution in [2.75, 3.05) is 12.1 Å².